The van der Waals surface area contributed by atoms with Crippen LogP contribution in [0.1, 0.15) is 17.4 Å². The zero-order chi connectivity index (χ0) is 13.1. The smallest absolute Gasteiger partial charge is 0.331 e. The Morgan fingerprint density at radius 2 is 2.22 bits per heavy atom. The number of aromatic nitrogens is 2. The zero-order valence-electron chi connectivity index (χ0n) is 9.97. The van der Waals surface area contributed by atoms with Crippen LogP contribution in [0.15, 0.2) is 27.1 Å². The number of H-pyrrole nitrogens is 1. The molecule has 18 heavy (non-hydrogen) atoms. The van der Waals surface area contributed by atoms with Gasteiger partial charge < -0.3 is 5.11 Å². The Morgan fingerprint density at radius 1 is 1.44 bits per heavy atom. The molecule has 0 bridgehead atoms. The van der Waals surface area contributed by atoms with E-state index in [0.717, 1.165) is 4.88 Å². The monoisotopic (exact) mass is 266 g/mol. The Kier molecular flexibility index (Phi) is 3.66. The van der Waals surface area contributed by atoms with Crippen LogP contribution in [-0.4, -0.2) is 14.7 Å². The van der Waals surface area contributed by atoms with Crippen molar-refractivity contribution in [1.29, 1.82) is 0 Å². The highest BCUT2D eigenvalue weighted by Gasteiger charge is 2.12. The maximum Gasteiger partial charge on any atom is 0.331 e. The third-order valence-electron chi connectivity index (χ3n) is 2.78. The van der Waals surface area contributed by atoms with Gasteiger partial charge in [-0.1, -0.05) is 13.0 Å². The summed E-state index contributed by atoms with van der Waals surface area (Å²) >= 11 is 1.60. The fourth-order valence-electron chi connectivity index (χ4n) is 1.80. The van der Waals surface area contributed by atoms with Crippen molar-refractivity contribution in [2.75, 3.05) is 0 Å². The van der Waals surface area contributed by atoms with Gasteiger partial charge in [0.05, 0.1) is 5.56 Å². The van der Waals surface area contributed by atoms with E-state index in [0.29, 0.717) is 19.4 Å². The minimum atomic E-state index is -0.564. The summed E-state index contributed by atoms with van der Waals surface area (Å²) in [7, 11) is 0. The molecule has 2 N–H and O–H groups in total. The number of nitrogens with zero attached hydrogens (tertiary/aromatic N) is 1. The summed E-state index contributed by atoms with van der Waals surface area (Å²) in [6.07, 6.45) is 1.04. The van der Waals surface area contributed by atoms with Gasteiger partial charge in [0.25, 0.3) is 5.56 Å². The van der Waals surface area contributed by atoms with Gasteiger partial charge in [0.2, 0.25) is 5.88 Å². The Balaban J connectivity index is 2.33. The number of thiophene rings is 1. The molecule has 0 radical (unpaired) electrons. The lowest BCUT2D eigenvalue weighted by atomic mass is 10.2. The summed E-state index contributed by atoms with van der Waals surface area (Å²) in [5, 5.41) is 11.9. The molecule has 2 aromatic heterocycles. The second-order valence-corrected chi connectivity index (χ2v) is 4.93. The molecule has 0 unspecified atom stereocenters. The zero-order valence-corrected chi connectivity index (χ0v) is 10.8. The normalized spacial score (nSPS) is 10.7. The molecule has 96 valence electrons. The molecule has 0 spiro atoms. The Labute approximate surface area is 107 Å². The average molecular weight is 266 g/mol. The molecule has 2 aromatic rings. The average Bonchev–Trinajstić information content (AvgIpc) is 2.81. The topological polar surface area (TPSA) is 75.1 Å². The third kappa shape index (κ3) is 2.38. The minimum Gasteiger partial charge on any atom is -0.494 e. The number of nitrogens with one attached hydrogen (secondary N) is 1. The quantitative estimate of drug-likeness (QED) is 0.870. The van der Waals surface area contributed by atoms with Crippen molar-refractivity contribution in [3.63, 3.8) is 0 Å². The molecule has 0 fully saturated rings. The summed E-state index contributed by atoms with van der Waals surface area (Å²) in [4.78, 5) is 26.4. The summed E-state index contributed by atoms with van der Waals surface area (Å²) in [5.41, 5.74) is -0.820. The van der Waals surface area contributed by atoms with Gasteiger partial charge in [-0.2, -0.15) is 0 Å². The van der Waals surface area contributed by atoms with Gasteiger partial charge >= 0.3 is 5.69 Å². The molecule has 0 atom stereocenters. The summed E-state index contributed by atoms with van der Waals surface area (Å²) in [6, 6.07) is 3.91. The lowest BCUT2D eigenvalue weighted by Crippen LogP contribution is -2.32. The van der Waals surface area contributed by atoms with E-state index in [1.54, 1.807) is 18.3 Å². The molecule has 5 nitrogen and oxygen atoms in total. The number of aromatic hydroxyl groups is 1. The first-order chi connectivity index (χ1) is 8.63. The van der Waals surface area contributed by atoms with Crippen LogP contribution in [0.5, 0.6) is 5.88 Å². The van der Waals surface area contributed by atoms with E-state index < -0.39 is 11.2 Å². The van der Waals surface area contributed by atoms with E-state index >= 15 is 0 Å². The van der Waals surface area contributed by atoms with Crippen LogP contribution in [-0.2, 0) is 19.4 Å². The van der Waals surface area contributed by atoms with E-state index in [-0.39, 0.29) is 11.4 Å². The largest absolute Gasteiger partial charge is 0.494 e. The fraction of sp³-hybridized carbons (Fsp3) is 0.333. The van der Waals surface area contributed by atoms with E-state index in [1.165, 1.54) is 4.57 Å². The van der Waals surface area contributed by atoms with Crippen molar-refractivity contribution in [3.05, 3.63) is 48.8 Å². The highest BCUT2D eigenvalue weighted by atomic mass is 32.1. The molecule has 0 aromatic carbocycles. The van der Waals surface area contributed by atoms with Crippen LogP contribution in [0.2, 0.25) is 0 Å². The molecule has 0 amide bonds. The SMILES string of the molecule is CCc1c(O)n(CCc2cccs2)c(=O)[nH]c1=O. The van der Waals surface area contributed by atoms with Gasteiger partial charge in [-0.3, -0.25) is 14.3 Å². The fourth-order valence-corrected chi connectivity index (χ4v) is 2.50. The second-order valence-electron chi connectivity index (χ2n) is 3.90. The predicted octanol–water partition coefficient (Wildman–Crippen LogP) is 1.11. The van der Waals surface area contributed by atoms with Gasteiger partial charge in [0, 0.05) is 11.4 Å². The van der Waals surface area contributed by atoms with Gasteiger partial charge in [-0.15, -0.1) is 11.3 Å². The summed E-state index contributed by atoms with van der Waals surface area (Å²) in [5.74, 6) is -0.220. The van der Waals surface area contributed by atoms with Crippen molar-refractivity contribution in [2.45, 2.75) is 26.3 Å². The highest BCUT2D eigenvalue weighted by molar-refractivity contribution is 7.09. The molecule has 6 heteroatoms. The van der Waals surface area contributed by atoms with Gasteiger partial charge in [0.15, 0.2) is 0 Å². The molecule has 0 aliphatic carbocycles. The van der Waals surface area contributed by atoms with Crippen molar-refractivity contribution < 1.29 is 5.11 Å². The number of aromatic amines is 1. The molecule has 0 aliphatic heterocycles. The number of hydrogen-bond donors (Lipinski definition) is 2. The molecule has 0 saturated heterocycles. The standard InChI is InChI=1S/C12H14N2O3S/c1-2-9-10(15)13-12(17)14(11(9)16)6-5-8-4-3-7-18-8/h3-4,7,16H,2,5-6H2,1H3,(H,13,15,17). The predicted molar refractivity (Wildman–Crippen MR) is 70.4 cm³/mol. The van der Waals surface area contributed by atoms with E-state index in [1.807, 2.05) is 17.5 Å². The van der Waals surface area contributed by atoms with E-state index in [2.05, 4.69) is 4.98 Å². The minimum absolute atomic E-state index is 0.220. The van der Waals surface area contributed by atoms with E-state index in [9.17, 15) is 14.7 Å². The molecule has 2 rings (SSSR count). The molecule has 0 aliphatic rings. The Bertz CT molecular complexity index is 640. The number of hydrogen-bond acceptors (Lipinski definition) is 4. The van der Waals surface area contributed by atoms with E-state index in [4.69, 9.17) is 0 Å². The number of rotatable bonds is 4. The number of aryl methyl sites for hydroxylation is 1. The Hall–Kier alpha value is -1.82. The van der Waals surface area contributed by atoms with Gasteiger partial charge in [-0.05, 0) is 24.3 Å². The summed E-state index contributed by atoms with van der Waals surface area (Å²) in [6.45, 7) is 2.12. The molecular weight excluding hydrogens is 252 g/mol. The first-order valence-electron chi connectivity index (χ1n) is 5.70. The third-order valence-corrected chi connectivity index (χ3v) is 3.72. The molecule has 2 heterocycles. The van der Waals surface area contributed by atoms with Crippen LogP contribution in [0.4, 0.5) is 0 Å². The van der Waals surface area contributed by atoms with Crippen molar-refractivity contribution in [3.8, 4) is 5.88 Å². The van der Waals surface area contributed by atoms with Crippen molar-refractivity contribution in [2.24, 2.45) is 0 Å². The molecular formula is C12H14N2O3S. The van der Waals surface area contributed by atoms with Crippen LogP contribution in [0.3, 0.4) is 0 Å². The van der Waals surface area contributed by atoms with Crippen LogP contribution < -0.4 is 11.2 Å². The Morgan fingerprint density at radius 3 is 2.83 bits per heavy atom. The van der Waals surface area contributed by atoms with Gasteiger partial charge in [-0.25, -0.2) is 4.79 Å². The van der Waals surface area contributed by atoms with Gasteiger partial charge in [0.1, 0.15) is 0 Å². The first-order valence-corrected chi connectivity index (χ1v) is 6.58. The lowest BCUT2D eigenvalue weighted by molar-refractivity contribution is 0.393. The lowest BCUT2D eigenvalue weighted by Gasteiger charge is -2.09. The highest BCUT2D eigenvalue weighted by Crippen LogP contribution is 2.14. The first kappa shape index (κ1) is 12.6. The van der Waals surface area contributed by atoms with Crippen LogP contribution in [0, 0.1) is 0 Å². The maximum absolute atomic E-state index is 11.6. The van der Waals surface area contributed by atoms with Crippen LogP contribution >= 0.6 is 11.3 Å². The van der Waals surface area contributed by atoms with Crippen molar-refractivity contribution in [1.82, 2.24) is 9.55 Å². The second kappa shape index (κ2) is 5.22. The van der Waals surface area contributed by atoms with Crippen LogP contribution in [0.25, 0.3) is 0 Å². The summed E-state index contributed by atoms with van der Waals surface area (Å²) < 4.78 is 1.21. The molecule has 0 saturated carbocycles. The van der Waals surface area contributed by atoms with Crippen molar-refractivity contribution >= 4 is 11.3 Å². The maximum atomic E-state index is 11.6.